The monoisotopic (exact) mass is 254 g/mol. The van der Waals surface area contributed by atoms with Crippen molar-refractivity contribution >= 4 is 23.2 Å². The number of alkyl halides is 2. The molecule has 0 amide bonds. The molecule has 0 bridgehead atoms. The van der Waals surface area contributed by atoms with Crippen molar-refractivity contribution in [2.24, 2.45) is 0 Å². The quantitative estimate of drug-likeness (QED) is 0.702. The van der Waals surface area contributed by atoms with Gasteiger partial charge in [-0.25, -0.2) is 0 Å². The van der Waals surface area contributed by atoms with Gasteiger partial charge in [-0.2, -0.15) is 0 Å². The van der Waals surface area contributed by atoms with E-state index in [0.717, 1.165) is 19.3 Å². The van der Waals surface area contributed by atoms with Gasteiger partial charge in [0.1, 0.15) is 0 Å². The highest BCUT2D eigenvalue weighted by Gasteiger charge is 2.35. The highest BCUT2D eigenvalue weighted by molar-refractivity contribution is 6.25. The number of halogens is 2. The third-order valence-electron chi connectivity index (χ3n) is 2.89. The van der Waals surface area contributed by atoms with Gasteiger partial charge in [0.25, 0.3) is 0 Å². The molecular weight excluding hydrogens is 235 g/mol. The fourth-order valence-electron chi connectivity index (χ4n) is 1.93. The molecule has 90 valence electrons. The van der Waals surface area contributed by atoms with E-state index >= 15 is 0 Å². The topological polar surface area (TPSA) is 18.5 Å². The van der Waals surface area contributed by atoms with E-state index in [0.29, 0.717) is 0 Å². The lowest BCUT2D eigenvalue weighted by Gasteiger charge is -2.24. The van der Waals surface area contributed by atoms with Crippen LogP contribution >= 0.6 is 23.2 Å². The summed E-state index contributed by atoms with van der Waals surface area (Å²) in [7, 11) is 1.71. The first-order valence-corrected chi connectivity index (χ1v) is 6.38. The van der Waals surface area contributed by atoms with Crippen molar-refractivity contribution in [2.75, 3.05) is 7.11 Å². The molecule has 4 atom stereocenters. The average Bonchev–Trinajstić information content (AvgIpc) is 2.49. The van der Waals surface area contributed by atoms with E-state index in [1.165, 1.54) is 0 Å². The zero-order valence-electron chi connectivity index (χ0n) is 9.58. The lowest BCUT2D eigenvalue weighted by atomic mass is 10.2. The molecule has 4 heteroatoms. The van der Waals surface area contributed by atoms with Crippen molar-refractivity contribution < 1.29 is 9.47 Å². The fraction of sp³-hybridized carbons (Fsp3) is 1.00. The van der Waals surface area contributed by atoms with Crippen LogP contribution in [0.15, 0.2) is 0 Å². The maximum absolute atomic E-state index is 6.15. The Bertz CT molecular complexity index is 179. The highest BCUT2D eigenvalue weighted by atomic mass is 35.5. The van der Waals surface area contributed by atoms with Gasteiger partial charge in [0, 0.05) is 7.11 Å². The molecule has 0 spiro atoms. The summed E-state index contributed by atoms with van der Waals surface area (Å²) in [5.74, 6) is 0. The van der Waals surface area contributed by atoms with Crippen LogP contribution in [0.3, 0.4) is 0 Å². The Morgan fingerprint density at radius 1 is 1.13 bits per heavy atom. The van der Waals surface area contributed by atoms with Crippen LogP contribution in [0.4, 0.5) is 0 Å². The zero-order valence-corrected chi connectivity index (χ0v) is 11.1. The van der Waals surface area contributed by atoms with Crippen LogP contribution in [0.2, 0.25) is 0 Å². The molecule has 0 heterocycles. The summed E-state index contributed by atoms with van der Waals surface area (Å²) in [6, 6.07) is 0. The number of methoxy groups -OCH3 is 1. The van der Waals surface area contributed by atoms with Crippen molar-refractivity contribution in [3.05, 3.63) is 0 Å². The Hall–Kier alpha value is 0.500. The minimum atomic E-state index is -0.00705. The van der Waals surface area contributed by atoms with Gasteiger partial charge < -0.3 is 9.47 Å². The molecule has 1 rings (SSSR count). The molecule has 0 aromatic heterocycles. The summed E-state index contributed by atoms with van der Waals surface area (Å²) < 4.78 is 11.1. The Morgan fingerprint density at radius 2 is 1.67 bits per heavy atom. The Balaban J connectivity index is 2.33. The smallest absolute Gasteiger partial charge is 0.0905 e. The van der Waals surface area contributed by atoms with E-state index in [9.17, 15) is 0 Å². The first kappa shape index (κ1) is 13.6. The van der Waals surface area contributed by atoms with Gasteiger partial charge in [0.05, 0.1) is 29.1 Å². The Kier molecular flexibility index (Phi) is 5.69. The average molecular weight is 255 g/mol. The van der Waals surface area contributed by atoms with Crippen LogP contribution in [0.1, 0.15) is 33.1 Å². The van der Waals surface area contributed by atoms with Crippen molar-refractivity contribution in [2.45, 2.75) is 62.2 Å². The number of hydrogen-bond donors (Lipinski definition) is 0. The van der Waals surface area contributed by atoms with E-state index in [4.69, 9.17) is 32.7 Å². The molecular formula is C11H20Cl2O2. The molecule has 0 aromatic rings. The first-order valence-electron chi connectivity index (χ1n) is 5.51. The van der Waals surface area contributed by atoms with Gasteiger partial charge in [-0.3, -0.25) is 0 Å². The molecule has 4 unspecified atom stereocenters. The van der Waals surface area contributed by atoms with Crippen molar-refractivity contribution in [3.8, 4) is 0 Å². The predicted octanol–water partition coefficient (Wildman–Crippen LogP) is 3.19. The molecule has 0 aromatic carbocycles. The molecule has 1 aliphatic carbocycles. The lowest BCUT2D eigenvalue weighted by molar-refractivity contribution is -0.0248. The standard InChI is InChI=1S/C11H20Cl2O2/c1-7(14-3)6-8(2)15-11-9(12)4-5-10(11)13/h7-11H,4-6H2,1-3H3. The highest BCUT2D eigenvalue weighted by Crippen LogP contribution is 2.32. The molecule has 0 aliphatic heterocycles. The van der Waals surface area contributed by atoms with Crippen LogP contribution in [0.5, 0.6) is 0 Å². The lowest BCUT2D eigenvalue weighted by Crippen LogP contribution is -2.31. The summed E-state index contributed by atoms with van der Waals surface area (Å²) in [6.45, 7) is 4.08. The second-order valence-corrected chi connectivity index (χ2v) is 5.42. The third kappa shape index (κ3) is 4.10. The fourth-order valence-corrected chi connectivity index (χ4v) is 2.73. The van der Waals surface area contributed by atoms with Crippen LogP contribution < -0.4 is 0 Å². The van der Waals surface area contributed by atoms with Gasteiger partial charge in [-0.1, -0.05) is 0 Å². The molecule has 1 fully saturated rings. The van der Waals surface area contributed by atoms with Crippen LogP contribution in [0, 0.1) is 0 Å². The maximum Gasteiger partial charge on any atom is 0.0905 e. The molecule has 15 heavy (non-hydrogen) atoms. The second kappa shape index (κ2) is 6.29. The van der Waals surface area contributed by atoms with Crippen LogP contribution in [-0.2, 0) is 9.47 Å². The van der Waals surface area contributed by atoms with Gasteiger partial charge in [-0.15, -0.1) is 23.2 Å². The molecule has 0 N–H and O–H groups in total. The van der Waals surface area contributed by atoms with E-state index in [-0.39, 0.29) is 29.1 Å². The summed E-state index contributed by atoms with van der Waals surface area (Å²) in [5.41, 5.74) is 0. The van der Waals surface area contributed by atoms with Crippen molar-refractivity contribution in [1.29, 1.82) is 0 Å². The number of ether oxygens (including phenoxy) is 2. The molecule has 1 saturated carbocycles. The van der Waals surface area contributed by atoms with Gasteiger partial charge >= 0.3 is 0 Å². The van der Waals surface area contributed by atoms with Gasteiger partial charge in [-0.05, 0) is 33.1 Å². The van der Waals surface area contributed by atoms with Crippen LogP contribution in [-0.4, -0.2) is 36.2 Å². The summed E-state index contributed by atoms with van der Waals surface area (Å²) >= 11 is 12.3. The maximum atomic E-state index is 6.15. The largest absolute Gasteiger partial charge is 0.382 e. The molecule has 1 aliphatic rings. The van der Waals surface area contributed by atoms with Crippen LogP contribution in [0.25, 0.3) is 0 Å². The van der Waals surface area contributed by atoms with E-state index in [2.05, 4.69) is 0 Å². The number of rotatable bonds is 5. The number of hydrogen-bond acceptors (Lipinski definition) is 2. The minimum Gasteiger partial charge on any atom is -0.382 e. The minimum absolute atomic E-state index is 0.00705. The van der Waals surface area contributed by atoms with Gasteiger partial charge in [0.2, 0.25) is 0 Å². The van der Waals surface area contributed by atoms with E-state index < -0.39 is 0 Å². The summed E-state index contributed by atoms with van der Waals surface area (Å²) in [6.07, 6.45) is 3.13. The SMILES string of the molecule is COC(C)CC(C)OC1C(Cl)CCC1Cl. The van der Waals surface area contributed by atoms with E-state index in [1.807, 2.05) is 13.8 Å². The van der Waals surface area contributed by atoms with Crippen molar-refractivity contribution in [3.63, 3.8) is 0 Å². The van der Waals surface area contributed by atoms with Crippen molar-refractivity contribution in [1.82, 2.24) is 0 Å². The predicted molar refractivity (Wildman–Crippen MR) is 63.9 cm³/mol. The van der Waals surface area contributed by atoms with E-state index in [1.54, 1.807) is 7.11 Å². The second-order valence-electron chi connectivity index (χ2n) is 4.30. The first-order chi connectivity index (χ1) is 7.04. The molecule has 2 nitrogen and oxygen atoms in total. The normalized spacial score (nSPS) is 35.4. The molecule has 0 saturated heterocycles. The Morgan fingerprint density at radius 3 is 2.13 bits per heavy atom. The van der Waals surface area contributed by atoms with Gasteiger partial charge in [0.15, 0.2) is 0 Å². The Labute approximate surface area is 102 Å². The zero-order chi connectivity index (χ0) is 11.4. The third-order valence-corrected chi connectivity index (χ3v) is 3.82. The summed E-state index contributed by atoms with van der Waals surface area (Å²) in [5, 5.41) is 0.126. The molecule has 0 radical (unpaired) electrons. The summed E-state index contributed by atoms with van der Waals surface area (Å²) in [4.78, 5) is 0.